The third-order valence-corrected chi connectivity index (χ3v) is 5.52. The maximum Gasteiger partial charge on any atom is 0.338 e. The Balaban J connectivity index is 1.84. The zero-order valence-electron chi connectivity index (χ0n) is 16.8. The highest BCUT2D eigenvalue weighted by atomic mass is 32.2. The summed E-state index contributed by atoms with van der Waals surface area (Å²) in [5.74, 6) is 0.614. The number of ether oxygens (including phenoxy) is 3. The van der Waals surface area contributed by atoms with Crippen molar-refractivity contribution in [2.45, 2.75) is 13.8 Å². The lowest BCUT2D eigenvalue weighted by Crippen LogP contribution is -2.27. The van der Waals surface area contributed by atoms with Gasteiger partial charge in [-0.05, 0) is 61.9 Å². The highest BCUT2D eigenvalue weighted by molar-refractivity contribution is 8.27. The van der Waals surface area contributed by atoms with Gasteiger partial charge in [-0.2, -0.15) is 0 Å². The van der Waals surface area contributed by atoms with E-state index in [4.69, 9.17) is 26.4 Å². The van der Waals surface area contributed by atoms with Gasteiger partial charge in [-0.1, -0.05) is 30.0 Å². The standard InChI is InChI=1S/C22H21NO5S2/c1-4-27-18-12-14(6-11-17(18)26-3)13-19-20(24)23(22(29)30-19)16-9-7-15(8-10-16)21(25)28-5-2/h6-13H,4-5H2,1-3H3/b19-13+. The zero-order valence-corrected chi connectivity index (χ0v) is 18.5. The Hall–Kier alpha value is -2.84. The van der Waals surface area contributed by atoms with E-state index in [9.17, 15) is 9.59 Å². The molecule has 0 unspecified atom stereocenters. The summed E-state index contributed by atoms with van der Waals surface area (Å²) in [6.45, 7) is 4.45. The third kappa shape index (κ3) is 4.66. The molecule has 0 aliphatic carbocycles. The van der Waals surface area contributed by atoms with E-state index < -0.39 is 5.97 Å². The second-order valence-electron chi connectivity index (χ2n) is 6.13. The monoisotopic (exact) mass is 443 g/mol. The summed E-state index contributed by atoms with van der Waals surface area (Å²) in [6.07, 6.45) is 1.77. The molecule has 2 aromatic carbocycles. The van der Waals surface area contributed by atoms with Crippen molar-refractivity contribution >= 4 is 51.9 Å². The minimum Gasteiger partial charge on any atom is -0.493 e. The number of carbonyl (C=O) groups is 2. The van der Waals surface area contributed by atoms with Gasteiger partial charge in [-0.25, -0.2) is 4.79 Å². The Morgan fingerprint density at radius 1 is 1.10 bits per heavy atom. The highest BCUT2D eigenvalue weighted by Crippen LogP contribution is 2.37. The number of nitrogens with zero attached hydrogens (tertiary/aromatic N) is 1. The molecule has 0 N–H and O–H groups in total. The molecule has 1 aliphatic heterocycles. The van der Waals surface area contributed by atoms with Crippen LogP contribution in [0.2, 0.25) is 0 Å². The summed E-state index contributed by atoms with van der Waals surface area (Å²) in [4.78, 5) is 26.8. The molecular weight excluding hydrogens is 422 g/mol. The summed E-state index contributed by atoms with van der Waals surface area (Å²) >= 11 is 6.64. The van der Waals surface area contributed by atoms with Crippen molar-refractivity contribution in [2.24, 2.45) is 0 Å². The van der Waals surface area contributed by atoms with Crippen LogP contribution >= 0.6 is 24.0 Å². The van der Waals surface area contributed by atoms with Crippen LogP contribution in [-0.2, 0) is 9.53 Å². The molecule has 0 radical (unpaired) electrons. The van der Waals surface area contributed by atoms with E-state index in [-0.39, 0.29) is 5.91 Å². The number of hydrogen-bond donors (Lipinski definition) is 0. The molecule has 1 saturated heterocycles. The number of carbonyl (C=O) groups excluding carboxylic acids is 2. The number of thioether (sulfide) groups is 1. The molecule has 0 aromatic heterocycles. The maximum atomic E-state index is 13.0. The van der Waals surface area contributed by atoms with E-state index >= 15 is 0 Å². The van der Waals surface area contributed by atoms with Gasteiger partial charge >= 0.3 is 5.97 Å². The second kappa shape index (κ2) is 9.77. The number of thiocarbonyl (C=S) groups is 1. The lowest BCUT2D eigenvalue weighted by atomic mass is 10.1. The first-order valence-electron chi connectivity index (χ1n) is 9.34. The first-order chi connectivity index (χ1) is 14.5. The minimum absolute atomic E-state index is 0.220. The maximum absolute atomic E-state index is 13.0. The van der Waals surface area contributed by atoms with Crippen molar-refractivity contribution < 1.29 is 23.8 Å². The molecule has 0 bridgehead atoms. The number of esters is 1. The first kappa shape index (κ1) is 21.9. The van der Waals surface area contributed by atoms with E-state index in [0.717, 1.165) is 5.56 Å². The van der Waals surface area contributed by atoms with Crippen LogP contribution in [0.25, 0.3) is 6.08 Å². The summed E-state index contributed by atoms with van der Waals surface area (Å²) < 4.78 is 16.3. The predicted octanol–water partition coefficient (Wildman–Crippen LogP) is 4.68. The van der Waals surface area contributed by atoms with Gasteiger partial charge in [0.05, 0.1) is 36.5 Å². The van der Waals surface area contributed by atoms with Gasteiger partial charge in [0.15, 0.2) is 15.8 Å². The Labute approximate surface area is 184 Å². The molecule has 1 aliphatic rings. The highest BCUT2D eigenvalue weighted by Gasteiger charge is 2.33. The topological polar surface area (TPSA) is 65.1 Å². The molecule has 0 saturated carbocycles. The molecule has 1 heterocycles. The van der Waals surface area contributed by atoms with Crippen molar-refractivity contribution in [3.8, 4) is 11.5 Å². The lowest BCUT2D eigenvalue weighted by molar-refractivity contribution is -0.113. The lowest BCUT2D eigenvalue weighted by Gasteiger charge is -2.14. The van der Waals surface area contributed by atoms with Crippen molar-refractivity contribution in [3.05, 3.63) is 58.5 Å². The molecule has 0 spiro atoms. The normalized spacial score (nSPS) is 14.9. The van der Waals surface area contributed by atoms with E-state index in [1.807, 2.05) is 19.1 Å². The fraction of sp³-hybridized carbons (Fsp3) is 0.227. The van der Waals surface area contributed by atoms with E-state index in [1.165, 1.54) is 16.7 Å². The Morgan fingerprint density at radius 3 is 2.47 bits per heavy atom. The molecule has 0 atom stereocenters. The Morgan fingerprint density at radius 2 is 1.83 bits per heavy atom. The van der Waals surface area contributed by atoms with Crippen LogP contribution in [0, 0.1) is 0 Å². The van der Waals surface area contributed by atoms with Crippen LogP contribution in [-0.4, -0.2) is 36.5 Å². The number of benzene rings is 2. The predicted molar refractivity (Wildman–Crippen MR) is 122 cm³/mol. The number of hydrogen-bond acceptors (Lipinski definition) is 7. The molecule has 1 fully saturated rings. The molecule has 6 nitrogen and oxygen atoms in total. The van der Waals surface area contributed by atoms with Crippen molar-refractivity contribution in [3.63, 3.8) is 0 Å². The van der Waals surface area contributed by atoms with Gasteiger partial charge in [0.1, 0.15) is 0 Å². The van der Waals surface area contributed by atoms with Crippen molar-refractivity contribution in [1.82, 2.24) is 0 Å². The fourth-order valence-electron chi connectivity index (χ4n) is 2.85. The average molecular weight is 444 g/mol. The summed E-state index contributed by atoms with van der Waals surface area (Å²) in [5, 5.41) is 0. The molecule has 1 amide bonds. The number of anilines is 1. The Kier molecular flexibility index (Phi) is 7.12. The van der Waals surface area contributed by atoms with Crippen LogP contribution in [0.4, 0.5) is 5.69 Å². The van der Waals surface area contributed by atoms with Crippen molar-refractivity contribution in [1.29, 1.82) is 0 Å². The van der Waals surface area contributed by atoms with Gasteiger partial charge in [0.25, 0.3) is 5.91 Å². The summed E-state index contributed by atoms with van der Waals surface area (Å²) in [7, 11) is 1.58. The van der Waals surface area contributed by atoms with Gasteiger partial charge in [0.2, 0.25) is 0 Å². The SMILES string of the molecule is CCOC(=O)c1ccc(N2C(=O)/C(=C\c3ccc(OC)c(OCC)c3)SC2=S)cc1. The average Bonchev–Trinajstić information content (AvgIpc) is 3.02. The van der Waals surface area contributed by atoms with Crippen LogP contribution in [0.3, 0.4) is 0 Å². The third-order valence-electron chi connectivity index (χ3n) is 4.22. The van der Waals surface area contributed by atoms with Gasteiger partial charge in [0, 0.05) is 0 Å². The van der Waals surface area contributed by atoms with Crippen LogP contribution < -0.4 is 14.4 Å². The molecule has 2 aromatic rings. The molecular formula is C22H21NO5S2. The fourth-order valence-corrected chi connectivity index (χ4v) is 4.15. The van der Waals surface area contributed by atoms with Crippen LogP contribution in [0.1, 0.15) is 29.8 Å². The molecule has 156 valence electrons. The quantitative estimate of drug-likeness (QED) is 0.350. The van der Waals surface area contributed by atoms with Gasteiger partial charge in [-0.3, -0.25) is 9.69 Å². The van der Waals surface area contributed by atoms with Crippen LogP contribution in [0.15, 0.2) is 47.4 Å². The second-order valence-corrected chi connectivity index (χ2v) is 7.80. The van der Waals surface area contributed by atoms with Gasteiger partial charge in [-0.15, -0.1) is 0 Å². The van der Waals surface area contributed by atoms with Gasteiger partial charge < -0.3 is 14.2 Å². The van der Waals surface area contributed by atoms with E-state index in [2.05, 4.69) is 0 Å². The van der Waals surface area contributed by atoms with E-state index in [1.54, 1.807) is 50.4 Å². The number of methoxy groups -OCH3 is 1. The zero-order chi connectivity index (χ0) is 21.7. The smallest absolute Gasteiger partial charge is 0.338 e. The molecule has 8 heteroatoms. The Bertz CT molecular complexity index is 1000. The minimum atomic E-state index is -0.404. The summed E-state index contributed by atoms with van der Waals surface area (Å²) in [6, 6.07) is 12.1. The first-order valence-corrected chi connectivity index (χ1v) is 10.6. The number of amides is 1. The number of rotatable bonds is 7. The molecule has 30 heavy (non-hydrogen) atoms. The van der Waals surface area contributed by atoms with E-state index in [0.29, 0.717) is 45.2 Å². The van der Waals surface area contributed by atoms with Crippen molar-refractivity contribution in [2.75, 3.05) is 25.2 Å². The summed E-state index contributed by atoms with van der Waals surface area (Å²) in [5.41, 5.74) is 1.82. The largest absolute Gasteiger partial charge is 0.493 e. The molecule has 3 rings (SSSR count). The van der Waals surface area contributed by atoms with Crippen LogP contribution in [0.5, 0.6) is 11.5 Å².